The van der Waals surface area contributed by atoms with Crippen LogP contribution in [0, 0.1) is 0 Å². The molecule has 0 aliphatic carbocycles. The van der Waals surface area contributed by atoms with Crippen molar-refractivity contribution in [2.24, 2.45) is 0 Å². The summed E-state index contributed by atoms with van der Waals surface area (Å²) in [5, 5.41) is 12.6. The van der Waals surface area contributed by atoms with Crippen LogP contribution in [0.15, 0.2) is 60.0 Å². The topological polar surface area (TPSA) is 164 Å². The largest absolute Gasteiger partial charge is 0.460 e. The minimum Gasteiger partial charge on any atom is -0.460 e. The average Bonchev–Trinajstić information content (AvgIpc) is 3.05. The number of rotatable bonds is 11. The van der Waals surface area contributed by atoms with Gasteiger partial charge in [-0.25, -0.2) is 9.36 Å². The molecule has 0 amide bonds. The summed E-state index contributed by atoms with van der Waals surface area (Å²) in [6.45, 7) is 3.77. The number of aliphatic hydroxyl groups excluding tert-OH is 1. The molecule has 36 heavy (non-hydrogen) atoms. The molecule has 0 saturated carbocycles. The lowest BCUT2D eigenvalue weighted by Crippen LogP contribution is -2.42. The molecule has 1 aliphatic rings. The van der Waals surface area contributed by atoms with Gasteiger partial charge in [-0.3, -0.25) is 13.9 Å². The van der Waals surface area contributed by atoms with Crippen molar-refractivity contribution in [2.75, 3.05) is 18.9 Å². The summed E-state index contributed by atoms with van der Waals surface area (Å²) in [5.74, 6) is -4.87. The Bertz CT molecular complexity index is 1180. The van der Waals surface area contributed by atoms with Crippen molar-refractivity contribution in [3.05, 3.63) is 65.7 Å². The highest BCUT2D eigenvalue weighted by Gasteiger charge is 2.60. The summed E-state index contributed by atoms with van der Waals surface area (Å²) in [6, 6.07) is 7.62. The Labute approximate surface area is 204 Å². The van der Waals surface area contributed by atoms with E-state index in [1.807, 2.05) is 0 Å². The number of nitrogen functional groups attached to an aromatic ring is 1. The molecule has 2 heterocycles. The second kappa shape index (κ2) is 11.3. The molecule has 196 valence electrons. The molecule has 2 aromatic rings. The van der Waals surface area contributed by atoms with Gasteiger partial charge in [0.05, 0.1) is 6.61 Å². The maximum Gasteiger partial charge on any atom is 0.459 e. The Morgan fingerprint density at radius 3 is 2.75 bits per heavy atom. The molecule has 5 atom stereocenters. The minimum atomic E-state index is -4.42. The third-order valence-electron chi connectivity index (χ3n) is 4.91. The van der Waals surface area contributed by atoms with Crippen LogP contribution < -0.4 is 21.0 Å². The highest BCUT2D eigenvalue weighted by Crippen LogP contribution is 2.48. The summed E-state index contributed by atoms with van der Waals surface area (Å²) in [6.07, 6.45) is -4.16. The molecular formula is C21H25F2N4O8P. The maximum absolute atomic E-state index is 14.8. The number of halogens is 2. The maximum atomic E-state index is 14.8. The number of nitrogens with two attached hydrogens (primary N) is 1. The number of esters is 1. The van der Waals surface area contributed by atoms with E-state index in [2.05, 4.69) is 16.7 Å². The van der Waals surface area contributed by atoms with Crippen LogP contribution in [0.3, 0.4) is 0 Å². The molecule has 1 aromatic carbocycles. The van der Waals surface area contributed by atoms with Crippen LogP contribution in [-0.4, -0.2) is 58.0 Å². The molecule has 12 nitrogen and oxygen atoms in total. The van der Waals surface area contributed by atoms with E-state index >= 15 is 0 Å². The summed E-state index contributed by atoms with van der Waals surface area (Å²) in [7, 11) is -4.42. The van der Waals surface area contributed by atoms with Crippen LogP contribution in [-0.2, 0) is 23.4 Å². The van der Waals surface area contributed by atoms with Gasteiger partial charge in [-0.15, -0.1) is 0 Å². The van der Waals surface area contributed by atoms with Crippen molar-refractivity contribution in [3.63, 3.8) is 0 Å². The van der Waals surface area contributed by atoms with Crippen LogP contribution >= 0.6 is 7.75 Å². The van der Waals surface area contributed by atoms with E-state index in [-0.39, 0.29) is 18.2 Å². The third-order valence-corrected chi connectivity index (χ3v) is 6.55. The quantitative estimate of drug-likeness (QED) is 0.220. The summed E-state index contributed by atoms with van der Waals surface area (Å²) >= 11 is 0. The van der Waals surface area contributed by atoms with Gasteiger partial charge < -0.3 is 24.8 Å². The highest BCUT2D eigenvalue weighted by molar-refractivity contribution is 7.52. The van der Waals surface area contributed by atoms with Gasteiger partial charge in [0.2, 0.25) is 6.23 Å². The van der Waals surface area contributed by atoms with E-state index in [1.165, 1.54) is 25.1 Å². The first-order valence-electron chi connectivity index (χ1n) is 10.6. The first-order valence-corrected chi connectivity index (χ1v) is 12.1. The number of nitrogens with one attached hydrogen (secondary N) is 1. The Morgan fingerprint density at radius 1 is 1.42 bits per heavy atom. The van der Waals surface area contributed by atoms with Gasteiger partial charge in [0.25, 0.3) is 0 Å². The van der Waals surface area contributed by atoms with Crippen molar-refractivity contribution >= 4 is 19.5 Å². The molecule has 1 saturated heterocycles. The lowest BCUT2D eigenvalue weighted by molar-refractivity contribution is -0.144. The van der Waals surface area contributed by atoms with Crippen LogP contribution in [0.5, 0.6) is 5.75 Å². The van der Waals surface area contributed by atoms with E-state index in [9.17, 15) is 28.0 Å². The normalized spacial score (nSPS) is 23.4. The molecule has 1 aromatic heterocycles. The zero-order valence-electron chi connectivity index (χ0n) is 19.0. The Morgan fingerprint density at radius 2 is 2.11 bits per heavy atom. The number of carbonyl (C=O) groups is 1. The minimum absolute atomic E-state index is 0.0792. The fourth-order valence-electron chi connectivity index (χ4n) is 3.15. The number of nitrogens with zero attached hydrogens (tertiary/aromatic N) is 2. The molecule has 1 aliphatic heterocycles. The van der Waals surface area contributed by atoms with Crippen LogP contribution in [0.4, 0.5) is 14.6 Å². The first-order chi connectivity index (χ1) is 17.0. The SMILES string of the molecule is C=CCOC(=O)[C@H](C)N[P@](=O)(OC[C@H]1O[C@@H](n2ccc(N)nc2=O)C(F)(F)[C@@H]1O)Oc1ccccc1. The fraction of sp³-hybridized carbons (Fsp3) is 0.381. The van der Waals surface area contributed by atoms with Gasteiger partial charge in [-0.05, 0) is 25.1 Å². The Kier molecular flexibility index (Phi) is 8.59. The number of benzene rings is 1. The lowest BCUT2D eigenvalue weighted by atomic mass is 10.1. The highest BCUT2D eigenvalue weighted by atomic mass is 31.2. The number of aliphatic hydroxyl groups is 1. The van der Waals surface area contributed by atoms with Crippen molar-refractivity contribution in [2.45, 2.75) is 37.3 Å². The van der Waals surface area contributed by atoms with Gasteiger partial charge >= 0.3 is 25.3 Å². The number of anilines is 1. The second-order valence-electron chi connectivity index (χ2n) is 7.66. The summed E-state index contributed by atoms with van der Waals surface area (Å²) < 4.78 is 64.3. The van der Waals surface area contributed by atoms with Crippen LogP contribution in [0.2, 0.25) is 0 Å². The molecule has 4 N–H and O–H groups in total. The predicted molar refractivity (Wildman–Crippen MR) is 122 cm³/mol. The monoisotopic (exact) mass is 530 g/mol. The van der Waals surface area contributed by atoms with Gasteiger partial charge in [0, 0.05) is 6.20 Å². The van der Waals surface area contributed by atoms with Gasteiger partial charge in [0.1, 0.15) is 30.3 Å². The van der Waals surface area contributed by atoms with Gasteiger partial charge in [-0.1, -0.05) is 30.9 Å². The molecular weight excluding hydrogens is 505 g/mol. The Hall–Kier alpha value is -3.16. The molecule has 1 fully saturated rings. The van der Waals surface area contributed by atoms with Crippen molar-refractivity contribution in [1.29, 1.82) is 0 Å². The van der Waals surface area contributed by atoms with Crippen molar-refractivity contribution in [3.8, 4) is 5.75 Å². The van der Waals surface area contributed by atoms with Crippen molar-refractivity contribution in [1.82, 2.24) is 14.6 Å². The van der Waals surface area contributed by atoms with E-state index < -0.39 is 56.4 Å². The summed E-state index contributed by atoms with van der Waals surface area (Å²) in [4.78, 5) is 27.5. The van der Waals surface area contributed by atoms with E-state index in [1.54, 1.807) is 18.2 Å². The number of hydrogen-bond donors (Lipinski definition) is 3. The standard InChI is InChI=1S/C21H25F2N4O8P/c1-3-11-32-18(29)13(2)26-36(31,35-14-7-5-4-6-8-14)33-12-15-17(28)21(22,23)19(34-15)27-10-9-16(24)25-20(27)30/h3-10,13,15,17,19,28H,1,11-12H2,2H3,(H,26,31)(H2,24,25,30)/t13-,15+,17+,19+,36-/m0/s1. The number of aromatic nitrogens is 2. The number of para-hydroxylation sites is 1. The second-order valence-corrected chi connectivity index (χ2v) is 9.35. The molecule has 0 spiro atoms. The zero-order valence-corrected chi connectivity index (χ0v) is 19.9. The lowest BCUT2D eigenvalue weighted by Gasteiger charge is -2.24. The number of ether oxygens (including phenoxy) is 2. The Balaban J connectivity index is 1.78. The van der Waals surface area contributed by atoms with Crippen molar-refractivity contribution < 1.29 is 41.8 Å². The van der Waals surface area contributed by atoms with Crippen LogP contribution in [0.25, 0.3) is 0 Å². The molecule has 3 rings (SSSR count). The molecule has 0 unspecified atom stereocenters. The van der Waals surface area contributed by atoms with E-state index in [0.29, 0.717) is 4.57 Å². The zero-order chi connectivity index (χ0) is 26.5. The fourth-order valence-corrected chi connectivity index (χ4v) is 4.65. The van der Waals surface area contributed by atoms with Gasteiger partial charge in [-0.2, -0.15) is 18.9 Å². The van der Waals surface area contributed by atoms with Crippen LogP contribution in [0.1, 0.15) is 13.2 Å². The van der Waals surface area contributed by atoms with Gasteiger partial charge in [0.15, 0.2) is 6.10 Å². The first kappa shape index (κ1) is 27.4. The number of hydrogen-bond acceptors (Lipinski definition) is 10. The average molecular weight is 530 g/mol. The van der Waals surface area contributed by atoms with E-state index in [4.69, 9.17) is 24.3 Å². The molecule has 0 bridgehead atoms. The predicted octanol–water partition coefficient (Wildman–Crippen LogP) is 1.63. The molecule has 0 radical (unpaired) electrons. The number of alkyl halides is 2. The van der Waals surface area contributed by atoms with E-state index in [0.717, 1.165) is 12.3 Å². The summed E-state index contributed by atoms with van der Waals surface area (Å²) in [5.41, 5.74) is 4.26. The number of carbonyl (C=O) groups excluding carboxylic acids is 1. The third kappa shape index (κ3) is 6.33. The molecule has 15 heteroatoms. The smallest absolute Gasteiger partial charge is 0.459 e.